The molecule has 12 heavy (non-hydrogen) atoms. The van der Waals surface area contributed by atoms with Gasteiger partial charge < -0.3 is 10.6 Å². The number of carbonyl (C=O) groups excluding carboxylic acids is 1. The fourth-order valence-corrected chi connectivity index (χ4v) is 0.691. The molecule has 0 saturated carbocycles. The number of nitriles is 1. The van der Waals surface area contributed by atoms with E-state index in [1.807, 2.05) is 0 Å². The van der Waals surface area contributed by atoms with Crippen molar-refractivity contribution in [2.24, 2.45) is 0 Å². The average Bonchev–Trinajstić information content (AvgIpc) is 2.07. The van der Waals surface area contributed by atoms with E-state index in [1.165, 1.54) is 6.19 Å². The first-order chi connectivity index (χ1) is 5.34. The molecule has 0 aliphatic heterocycles. The van der Waals surface area contributed by atoms with Crippen molar-refractivity contribution in [2.45, 2.75) is 0 Å². The second kappa shape index (κ2) is 6.35. The number of rotatable bonds is 1. The third-order valence-corrected chi connectivity index (χ3v) is 1.17. The summed E-state index contributed by atoms with van der Waals surface area (Å²) in [6.45, 7) is 0. The van der Waals surface area contributed by atoms with Crippen LogP contribution in [0.5, 0.6) is 0 Å². The predicted molar refractivity (Wildman–Crippen MR) is 39.7 cm³/mol. The Hall–Kier alpha value is -0.184. The van der Waals surface area contributed by atoms with Gasteiger partial charge in [-0.25, -0.2) is 0 Å². The smallest absolute Gasteiger partial charge is 0.494 e. The second-order valence-electron chi connectivity index (χ2n) is 1.88. The molecule has 0 atom stereocenters. The molecule has 3 nitrogen and oxygen atoms in total. The van der Waals surface area contributed by atoms with Crippen molar-refractivity contribution in [3.63, 3.8) is 0 Å². The molecule has 0 N–H and O–H groups in total. The summed E-state index contributed by atoms with van der Waals surface area (Å²) in [5, 5.41) is 11.1. The Morgan fingerprint density at radius 2 is 1.92 bits per heavy atom. The van der Waals surface area contributed by atoms with Crippen molar-refractivity contribution < 1.29 is 56.2 Å². The molecule has 0 unspecified atom stereocenters. The van der Waals surface area contributed by atoms with E-state index >= 15 is 0 Å². The van der Waals surface area contributed by atoms with Gasteiger partial charge in [0, 0.05) is 5.56 Å². The number of carbonyl (C=O) groups is 1. The zero-order valence-corrected chi connectivity index (χ0v) is 9.81. The first kappa shape index (κ1) is 11.8. The number of amides is 1. The summed E-state index contributed by atoms with van der Waals surface area (Å²) in [6, 6.07) is 8.47. The van der Waals surface area contributed by atoms with Gasteiger partial charge in [0.05, 0.1) is 0 Å². The van der Waals surface area contributed by atoms with Gasteiger partial charge in [-0.1, -0.05) is 36.5 Å². The Balaban J connectivity index is 0.00000121. The molecule has 0 bridgehead atoms. The molecular weight excluding hydrogens is 179 g/mol. The molecule has 1 amide bonds. The maximum absolute atomic E-state index is 10.9. The SMILES string of the molecule is N#C[N-]C(=O)c1ccccc1.[K+]. The number of nitrogens with zero attached hydrogens (tertiary/aromatic N) is 2. The van der Waals surface area contributed by atoms with Gasteiger partial charge in [-0.3, -0.25) is 4.79 Å². The summed E-state index contributed by atoms with van der Waals surface area (Å²) in [4.78, 5) is 10.9. The van der Waals surface area contributed by atoms with Crippen LogP contribution in [0.3, 0.4) is 0 Å². The maximum atomic E-state index is 10.9. The van der Waals surface area contributed by atoms with Crippen LogP contribution in [-0.4, -0.2) is 5.91 Å². The van der Waals surface area contributed by atoms with Crippen LogP contribution < -0.4 is 51.4 Å². The van der Waals surface area contributed by atoms with Crippen molar-refractivity contribution in [3.8, 4) is 6.19 Å². The minimum absolute atomic E-state index is 0. The largest absolute Gasteiger partial charge is 1.00 e. The third-order valence-electron chi connectivity index (χ3n) is 1.17. The molecule has 1 aromatic carbocycles. The molecule has 0 spiro atoms. The first-order valence-corrected chi connectivity index (χ1v) is 3.04. The van der Waals surface area contributed by atoms with Gasteiger partial charge >= 0.3 is 51.4 Å². The average molecular weight is 184 g/mol. The van der Waals surface area contributed by atoms with Crippen LogP contribution in [0.25, 0.3) is 5.32 Å². The van der Waals surface area contributed by atoms with Crippen LogP contribution in [0.15, 0.2) is 30.3 Å². The molecule has 0 saturated heterocycles. The summed E-state index contributed by atoms with van der Waals surface area (Å²) in [5.41, 5.74) is 0.439. The Bertz CT molecular complexity index is 292. The van der Waals surface area contributed by atoms with Crippen molar-refractivity contribution >= 4 is 5.91 Å². The molecule has 1 aromatic rings. The van der Waals surface area contributed by atoms with Gasteiger partial charge in [0.25, 0.3) is 0 Å². The van der Waals surface area contributed by atoms with Crippen molar-refractivity contribution in [2.75, 3.05) is 0 Å². The molecule has 1 rings (SSSR count). The Morgan fingerprint density at radius 1 is 1.33 bits per heavy atom. The standard InChI is InChI=1S/C8H6N2O.K/c9-6-10-8(11)7-4-2-1-3-5-7;/h1-5H,(H,10,11);/q;+1/p-1. The predicted octanol–water partition coefficient (Wildman–Crippen LogP) is -1.31. The van der Waals surface area contributed by atoms with E-state index in [0.29, 0.717) is 5.56 Å². The van der Waals surface area contributed by atoms with Crippen LogP contribution >= 0.6 is 0 Å². The van der Waals surface area contributed by atoms with Gasteiger partial charge in [-0.05, 0) is 0 Å². The summed E-state index contributed by atoms with van der Waals surface area (Å²) >= 11 is 0. The van der Waals surface area contributed by atoms with Gasteiger partial charge in [0.2, 0.25) is 0 Å². The number of hydrogen-bond acceptors (Lipinski definition) is 2. The first-order valence-electron chi connectivity index (χ1n) is 3.04. The monoisotopic (exact) mass is 184 g/mol. The number of hydrogen-bond donors (Lipinski definition) is 0. The van der Waals surface area contributed by atoms with E-state index in [2.05, 4.69) is 5.32 Å². The van der Waals surface area contributed by atoms with Crippen LogP contribution in [-0.2, 0) is 0 Å². The van der Waals surface area contributed by atoms with Crippen LogP contribution in [0.2, 0.25) is 0 Å². The van der Waals surface area contributed by atoms with E-state index in [-0.39, 0.29) is 51.4 Å². The van der Waals surface area contributed by atoms with Gasteiger partial charge in [-0.15, -0.1) is 0 Å². The van der Waals surface area contributed by atoms with E-state index in [4.69, 9.17) is 5.26 Å². The maximum Gasteiger partial charge on any atom is 1.00 e. The van der Waals surface area contributed by atoms with Crippen molar-refractivity contribution in [3.05, 3.63) is 41.2 Å². The Morgan fingerprint density at radius 3 is 2.42 bits per heavy atom. The van der Waals surface area contributed by atoms with Crippen molar-refractivity contribution in [1.29, 1.82) is 5.26 Å². The molecule has 0 aromatic heterocycles. The molecule has 54 valence electrons. The molecule has 0 heterocycles. The minimum Gasteiger partial charge on any atom is -0.494 e. The fourth-order valence-electron chi connectivity index (χ4n) is 0.691. The van der Waals surface area contributed by atoms with Crippen LogP contribution in [0, 0.1) is 11.5 Å². The zero-order valence-electron chi connectivity index (χ0n) is 6.69. The summed E-state index contributed by atoms with van der Waals surface area (Å²) < 4.78 is 0. The molecule has 0 aliphatic carbocycles. The van der Waals surface area contributed by atoms with E-state index in [1.54, 1.807) is 30.3 Å². The van der Waals surface area contributed by atoms with Gasteiger partial charge in [0.15, 0.2) is 5.91 Å². The normalized spacial score (nSPS) is 7.58. The Labute approximate surface area is 113 Å². The molecule has 0 radical (unpaired) electrons. The quantitative estimate of drug-likeness (QED) is 0.402. The topological polar surface area (TPSA) is 55.0 Å². The number of benzene rings is 1. The third kappa shape index (κ3) is 3.48. The van der Waals surface area contributed by atoms with Crippen LogP contribution in [0.1, 0.15) is 10.4 Å². The van der Waals surface area contributed by atoms with Crippen LogP contribution in [0.4, 0.5) is 0 Å². The summed E-state index contributed by atoms with van der Waals surface area (Å²) in [6.07, 6.45) is 1.44. The summed E-state index contributed by atoms with van der Waals surface area (Å²) in [7, 11) is 0. The molecule has 0 fully saturated rings. The van der Waals surface area contributed by atoms with Crippen molar-refractivity contribution in [1.82, 2.24) is 0 Å². The zero-order chi connectivity index (χ0) is 8.10. The Kier molecular flexibility index (Phi) is 6.25. The van der Waals surface area contributed by atoms with E-state index < -0.39 is 5.91 Å². The minimum atomic E-state index is -0.493. The van der Waals surface area contributed by atoms with E-state index in [9.17, 15) is 4.79 Å². The van der Waals surface area contributed by atoms with E-state index in [0.717, 1.165) is 0 Å². The molecular formula is C8H5KN2O. The summed E-state index contributed by atoms with van der Waals surface area (Å²) in [5.74, 6) is -0.493. The second-order valence-corrected chi connectivity index (χ2v) is 1.88. The van der Waals surface area contributed by atoms with Gasteiger partial charge in [0.1, 0.15) is 0 Å². The molecule has 0 aliphatic rings. The molecule has 4 heteroatoms. The van der Waals surface area contributed by atoms with Gasteiger partial charge in [-0.2, -0.15) is 0 Å². The fraction of sp³-hybridized carbons (Fsp3) is 0.